The molecule has 16 heavy (non-hydrogen) atoms. The topological polar surface area (TPSA) is 21.3 Å². The van der Waals surface area contributed by atoms with Crippen molar-refractivity contribution in [1.82, 2.24) is 5.32 Å². The summed E-state index contributed by atoms with van der Waals surface area (Å²) >= 11 is 3.47. The van der Waals surface area contributed by atoms with Crippen molar-refractivity contribution in [3.63, 3.8) is 0 Å². The molecule has 0 amide bonds. The second kappa shape index (κ2) is 5.69. The van der Waals surface area contributed by atoms with Gasteiger partial charge in [-0.2, -0.15) is 0 Å². The molecule has 0 radical (unpaired) electrons. The van der Waals surface area contributed by atoms with Crippen LogP contribution in [0.15, 0.2) is 28.7 Å². The van der Waals surface area contributed by atoms with Crippen LogP contribution in [0.4, 0.5) is 0 Å². The van der Waals surface area contributed by atoms with Crippen LogP contribution in [0.5, 0.6) is 5.75 Å². The molecule has 1 saturated carbocycles. The molecular formula is C13H18BrNO. The van der Waals surface area contributed by atoms with Gasteiger partial charge in [-0.05, 0) is 53.7 Å². The molecule has 1 aliphatic carbocycles. The first-order chi connectivity index (χ1) is 7.77. The Labute approximate surface area is 106 Å². The smallest absolute Gasteiger partial charge is 0.133 e. The summed E-state index contributed by atoms with van der Waals surface area (Å²) in [6.45, 7) is 3.90. The molecule has 0 aromatic heterocycles. The molecule has 2 rings (SSSR count). The van der Waals surface area contributed by atoms with Crippen LogP contribution in [0.3, 0.4) is 0 Å². The summed E-state index contributed by atoms with van der Waals surface area (Å²) in [4.78, 5) is 0. The number of hydrogen-bond donors (Lipinski definition) is 1. The average molecular weight is 284 g/mol. The molecule has 2 nitrogen and oxygen atoms in total. The van der Waals surface area contributed by atoms with Crippen LogP contribution in [0.1, 0.15) is 19.8 Å². The summed E-state index contributed by atoms with van der Waals surface area (Å²) in [5, 5.41) is 3.49. The monoisotopic (exact) mass is 283 g/mol. The average Bonchev–Trinajstić information content (AvgIpc) is 3.10. The molecule has 88 valence electrons. The minimum Gasteiger partial charge on any atom is -0.491 e. The highest BCUT2D eigenvalue weighted by molar-refractivity contribution is 9.10. The van der Waals surface area contributed by atoms with Gasteiger partial charge in [0.2, 0.25) is 0 Å². The molecule has 1 atom stereocenters. The fourth-order valence-corrected chi connectivity index (χ4v) is 2.17. The van der Waals surface area contributed by atoms with E-state index in [0.717, 1.165) is 29.3 Å². The van der Waals surface area contributed by atoms with Crippen molar-refractivity contribution < 1.29 is 4.74 Å². The fraction of sp³-hybridized carbons (Fsp3) is 0.538. The van der Waals surface area contributed by atoms with Gasteiger partial charge in [0.15, 0.2) is 0 Å². The minimum absolute atomic E-state index is 0.641. The third-order valence-electron chi connectivity index (χ3n) is 2.99. The van der Waals surface area contributed by atoms with Crippen molar-refractivity contribution in [1.29, 1.82) is 0 Å². The van der Waals surface area contributed by atoms with Crippen molar-refractivity contribution in [3.05, 3.63) is 28.7 Å². The van der Waals surface area contributed by atoms with Crippen molar-refractivity contribution in [2.24, 2.45) is 5.92 Å². The summed E-state index contributed by atoms with van der Waals surface area (Å²) < 4.78 is 6.70. The first-order valence-corrected chi connectivity index (χ1v) is 6.67. The SMILES string of the molecule is CC(NCCOc1ccccc1Br)C1CC1. The van der Waals surface area contributed by atoms with E-state index in [-0.39, 0.29) is 0 Å². The lowest BCUT2D eigenvalue weighted by atomic mass is 10.2. The molecule has 0 aliphatic heterocycles. The van der Waals surface area contributed by atoms with Crippen LogP contribution >= 0.6 is 15.9 Å². The molecule has 1 aromatic carbocycles. The van der Waals surface area contributed by atoms with Gasteiger partial charge in [0, 0.05) is 12.6 Å². The zero-order valence-corrected chi connectivity index (χ0v) is 11.2. The van der Waals surface area contributed by atoms with E-state index in [4.69, 9.17) is 4.74 Å². The number of benzene rings is 1. The van der Waals surface area contributed by atoms with Crippen LogP contribution in [-0.2, 0) is 0 Å². The number of hydrogen-bond acceptors (Lipinski definition) is 2. The van der Waals surface area contributed by atoms with Crippen molar-refractivity contribution in [2.45, 2.75) is 25.8 Å². The molecule has 3 heteroatoms. The summed E-state index contributed by atoms with van der Waals surface area (Å²) in [5.74, 6) is 1.83. The normalized spacial score (nSPS) is 17.1. The van der Waals surface area contributed by atoms with Crippen LogP contribution in [0, 0.1) is 5.92 Å². The van der Waals surface area contributed by atoms with E-state index >= 15 is 0 Å². The maximum absolute atomic E-state index is 5.68. The molecular weight excluding hydrogens is 266 g/mol. The first kappa shape index (κ1) is 11.9. The molecule has 1 aliphatic rings. The highest BCUT2D eigenvalue weighted by atomic mass is 79.9. The van der Waals surface area contributed by atoms with E-state index in [1.165, 1.54) is 12.8 Å². The number of ether oxygens (including phenoxy) is 1. The Kier molecular flexibility index (Phi) is 4.24. The number of rotatable bonds is 6. The molecule has 0 bridgehead atoms. The zero-order valence-electron chi connectivity index (χ0n) is 9.58. The lowest BCUT2D eigenvalue weighted by Crippen LogP contribution is -2.31. The van der Waals surface area contributed by atoms with Crippen molar-refractivity contribution >= 4 is 15.9 Å². The Hall–Kier alpha value is -0.540. The molecule has 1 aromatic rings. The van der Waals surface area contributed by atoms with E-state index in [2.05, 4.69) is 28.2 Å². The first-order valence-electron chi connectivity index (χ1n) is 5.88. The summed E-state index contributed by atoms with van der Waals surface area (Å²) in [7, 11) is 0. The second-order valence-electron chi connectivity index (χ2n) is 4.36. The Bertz CT molecular complexity index is 338. The van der Waals surface area contributed by atoms with Gasteiger partial charge in [-0.1, -0.05) is 12.1 Å². The number of nitrogens with one attached hydrogen (secondary N) is 1. The Morgan fingerprint density at radius 1 is 1.44 bits per heavy atom. The van der Waals surface area contributed by atoms with Gasteiger partial charge in [0.05, 0.1) is 4.47 Å². The largest absolute Gasteiger partial charge is 0.491 e. The minimum atomic E-state index is 0.641. The standard InChI is InChI=1S/C13H18BrNO/c1-10(11-6-7-11)15-8-9-16-13-5-3-2-4-12(13)14/h2-5,10-11,15H,6-9H2,1H3. The fourth-order valence-electron chi connectivity index (χ4n) is 1.77. The summed E-state index contributed by atoms with van der Waals surface area (Å²) in [6, 6.07) is 8.59. The lowest BCUT2D eigenvalue weighted by Gasteiger charge is -2.13. The predicted molar refractivity (Wildman–Crippen MR) is 69.8 cm³/mol. The zero-order chi connectivity index (χ0) is 11.4. The van der Waals surface area contributed by atoms with Gasteiger partial charge in [-0.15, -0.1) is 0 Å². The molecule has 0 heterocycles. The molecule has 1 unspecified atom stereocenters. The van der Waals surface area contributed by atoms with E-state index in [9.17, 15) is 0 Å². The lowest BCUT2D eigenvalue weighted by molar-refractivity contribution is 0.301. The van der Waals surface area contributed by atoms with E-state index < -0.39 is 0 Å². The molecule has 0 saturated heterocycles. The molecule has 0 spiro atoms. The van der Waals surface area contributed by atoms with Crippen molar-refractivity contribution in [3.8, 4) is 5.75 Å². The highest BCUT2D eigenvalue weighted by Crippen LogP contribution is 2.32. The third kappa shape index (κ3) is 3.49. The molecule has 1 fully saturated rings. The Balaban J connectivity index is 1.66. The Morgan fingerprint density at radius 2 is 2.19 bits per heavy atom. The third-order valence-corrected chi connectivity index (χ3v) is 3.65. The highest BCUT2D eigenvalue weighted by Gasteiger charge is 2.27. The van der Waals surface area contributed by atoms with Crippen LogP contribution in [-0.4, -0.2) is 19.2 Å². The van der Waals surface area contributed by atoms with Gasteiger partial charge >= 0.3 is 0 Å². The summed E-state index contributed by atoms with van der Waals surface area (Å²) in [5.41, 5.74) is 0. The van der Waals surface area contributed by atoms with Gasteiger partial charge in [0.1, 0.15) is 12.4 Å². The van der Waals surface area contributed by atoms with Crippen LogP contribution < -0.4 is 10.1 Å². The maximum atomic E-state index is 5.68. The van der Waals surface area contributed by atoms with Crippen LogP contribution in [0.25, 0.3) is 0 Å². The van der Waals surface area contributed by atoms with Crippen molar-refractivity contribution in [2.75, 3.05) is 13.2 Å². The van der Waals surface area contributed by atoms with Gasteiger partial charge in [-0.3, -0.25) is 0 Å². The summed E-state index contributed by atoms with van der Waals surface area (Å²) in [6.07, 6.45) is 2.78. The Morgan fingerprint density at radius 3 is 2.88 bits per heavy atom. The van der Waals surface area contributed by atoms with Gasteiger partial charge in [0.25, 0.3) is 0 Å². The molecule has 1 N–H and O–H groups in total. The maximum Gasteiger partial charge on any atom is 0.133 e. The predicted octanol–water partition coefficient (Wildman–Crippen LogP) is 3.22. The van der Waals surface area contributed by atoms with E-state index in [1.807, 2.05) is 24.3 Å². The van der Waals surface area contributed by atoms with Crippen LogP contribution in [0.2, 0.25) is 0 Å². The van der Waals surface area contributed by atoms with Gasteiger partial charge < -0.3 is 10.1 Å². The van der Waals surface area contributed by atoms with E-state index in [0.29, 0.717) is 6.04 Å². The quantitative estimate of drug-likeness (QED) is 0.810. The second-order valence-corrected chi connectivity index (χ2v) is 5.21. The van der Waals surface area contributed by atoms with Gasteiger partial charge in [-0.25, -0.2) is 0 Å². The number of halogens is 1. The number of para-hydroxylation sites is 1. The van der Waals surface area contributed by atoms with E-state index in [1.54, 1.807) is 0 Å².